The van der Waals surface area contributed by atoms with Gasteiger partial charge >= 0.3 is 0 Å². The molecule has 0 saturated carbocycles. The molecule has 2 amide bonds. The van der Waals surface area contributed by atoms with E-state index in [1.807, 2.05) is 79.1 Å². The van der Waals surface area contributed by atoms with E-state index in [0.29, 0.717) is 36.3 Å². The van der Waals surface area contributed by atoms with Crippen molar-refractivity contribution in [2.45, 2.75) is 63.6 Å². The molecule has 212 valence electrons. The van der Waals surface area contributed by atoms with Crippen LogP contribution in [0.1, 0.15) is 59.4 Å². The first-order chi connectivity index (χ1) is 19.6. The number of nitrogens with zero attached hydrogens (tertiary/aromatic N) is 1. The van der Waals surface area contributed by atoms with Gasteiger partial charge < -0.3 is 15.8 Å². The van der Waals surface area contributed by atoms with E-state index >= 15 is 0 Å². The smallest absolute Gasteiger partial charge is 0.249 e. The molecule has 0 radical (unpaired) electrons. The molecule has 8 heteroatoms. The average molecular weight is 553 g/mol. The Labute approximate surface area is 239 Å². The third kappa shape index (κ3) is 5.94. The summed E-state index contributed by atoms with van der Waals surface area (Å²) >= 11 is 0. The summed E-state index contributed by atoms with van der Waals surface area (Å²) in [5.74, 6) is -0.576. The Morgan fingerprint density at radius 2 is 1.80 bits per heavy atom. The van der Waals surface area contributed by atoms with Crippen molar-refractivity contribution in [2.24, 2.45) is 5.73 Å². The number of fused-ring (bicyclic) bond motifs is 1. The van der Waals surface area contributed by atoms with Gasteiger partial charge in [-0.2, -0.15) is 0 Å². The van der Waals surface area contributed by atoms with Crippen LogP contribution in [0.4, 0.5) is 0 Å². The molecule has 1 aliphatic heterocycles. The number of nitrogens with one attached hydrogen (secondary N) is 2. The fraction of sp³-hybridized carbons (Fsp3) is 0.303. The number of amides is 2. The van der Waals surface area contributed by atoms with Crippen molar-refractivity contribution in [1.29, 1.82) is 0 Å². The minimum absolute atomic E-state index is 0.0463. The summed E-state index contributed by atoms with van der Waals surface area (Å²) in [6.45, 7) is 6.39. The number of carbonyl (C=O) groups is 2. The molecule has 1 aliphatic rings. The maximum Gasteiger partial charge on any atom is 0.249 e. The zero-order valence-electron chi connectivity index (χ0n) is 23.6. The molecule has 8 nitrogen and oxygen atoms in total. The van der Waals surface area contributed by atoms with E-state index < -0.39 is 17.2 Å². The van der Waals surface area contributed by atoms with E-state index in [-0.39, 0.29) is 18.0 Å². The van der Waals surface area contributed by atoms with E-state index in [9.17, 15) is 14.8 Å². The zero-order chi connectivity index (χ0) is 29.2. The van der Waals surface area contributed by atoms with Gasteiger partial charge in [-0.05, 0) is 75.1 Å². The quantitative estimate of drug-likeness (QED) is 0.176. The molecule has 5 N–H and O–H groups in total. The van der Waals surface area contributed by atoms with Crippen LogP contribution in [0.25, 0.3) is 10.9 Å². The number of hydroxylamine groups is 1. The van der Waals surface area contributed by atoms with E-state index in [4.69, 9.17) is 10.5 Å². The largest absolute Gasteiger partial charge is 0.489 e. The van der Waals surface area contributed by atoms with Crippen LogP contribution in [0.15, 0.2) is 78.9 Å². The molecule has 0 aliphatic carbocycles. The lowest BCUT2D eigenvalue weighted by Gasteiger charge is -2.36. The van der Waals surface area contributed by atoms with E-state index in [1.165, 1.54) is 0 Å². The van der Waals surface area contributed by atoms with Crippen LogP contribution in [-0.2, 0) is 23.2 Å². The van der Waals surface area contributed by atoms with Crippen molar-refractivity contribution in [3.63, 3.8) is 0 Å². The van der Waals surface area contributed by atoms with E-state index in [0.717, 1.165) is 27.7 Å². The van der Waals surface area contributed by atoms with Gasteiger partial charge in [0, 0.05) is 45.6 Å². The Balaban J connectivity index is 1.59. The van der Waals surface area contributed by atoms with Crippen molar-refractivity contribution in [3.05, 3.63) is 107 Å². The van der Waals surface area contributed by atoms with Crippen molar-refractivity contribution in [1.82, 2.24) is 15.8 Å². The molecule has 1 fully saturated rings. The highest BCUT2D eigenvalue weighted by atomic mass is 16.5. The summed E-state index contributed by atoms with van der Waals surface area (Å²) < 4.78 is 6.32. The molecule has 0 spiro atoms. The molecule has 2 atom stereocenters. The second kappa shape index (κ2) is 11.3. The standard InChI is InChI=1S/C33H36N4O4/c1-21-15-23(25-11-7-8-12-28(25)35-21)19-41-24-13-14-26(31(34)39)27(17-24)33(18-30(38)37-40)20-32(2,3)36-29(33)16-22-9-5-4-6-10-22/h4-15,17,29,36,40H,16,18-20H2,1-3H3,(H2,34,39)(H,37,38). The zero-order valence-corrected chi connectivity index (χ0v) is 23.6. The van der Waals surface area contributed by atoms with Crippen LogP contribution >= 0.6 is 0 Å². The first-order valence-corrected chi connectivity index (χ1v) is 13.8. The number of ether oxygens (including phenoxy) is 1. The van der Waals surface area contributed by atoms with Crippen LogP contribution in [-0.4, -0.2) is 33.6 Å². The number of aryl methyl sites for hydroxylation is 1. The van der Waals surface area contributed by atoms with Gasteiger partial charge in [-0.1, -0.05) is 48.5 Å². The van der Waals surface area contributed by atoms with E-state index in [2.05, 4.69) is 24.1 Å². The maximum absolute atomic E-state index is 12.8. The molecule has 1 aromatic heterocycles. The monoisotopic (exact) mass is 552 g/mol. The molecule has 5 rings (SSSR count). The number of carbonyl (C=O) groups excluding carboxylic acids is 2. The minimum Gasteiger partial charge on any atom is -0.489 e. The third-order valence-corrected chi connectivity index (χ3v) is 7.99. The number of aromatic nitrogens is 1. The normalized spacial score (nSPS) is 19.7. The number of primary amides is 1. The van der Waals surface area contributed by atoms with Crippen molar-refractivity contribution < 1.29 is 19.5 Å². The highest BCUT2D eigenvalue weighted by molar-refractivity contribution is 5.95. The van der Waals surface area contributed by atoms with Crippen LogP contribution in [0.3, 0.4) is 0 Å². The van der Waals surface area contributed by atoms with Crippen LogP contribution in [0.2, 0.25) is 0 Å². The Kier molecular flexibility index (Phi) is 7.80. The molecular formula is C33H36N4O4. The number of hydrogen-bond acceptors (Lipinski definition) is 6. The van der Waals surface area contributed by atoms with Crippen molar-refractivity contribution >= 4 is 22.7 Å². The Morgan fingerprint density at radius 1 is 1.07 bits per heavy atom. The van der Waals surface area contributed by atoms with Gasteiger partial charge in [-0.15, -0.1) is 0 Å². The fourth-order valence-corrected chi connectivity index (χ4v) is 6.47. The molecule has 1 saturated heterocycles. The van der Waals surface area contributed by atoms with Gasteiger partial charge in [0.25, 0.3) is 0 Å². The Hall–Kier alpha value is -4.27. The Morgan fingerprint density at radius 3 is 2.54 bits per heavy atom. The maximum atomic E-state index is 12.8. The number of pyridine rings is 1. The summed E-state index contributed by atoms with van der Waals surface area (Å²) in [5.41, 5.74) is 11.3. The lowest BCUT2D eigenvalue weighted by molar-refractivity contribution is -0.130. The summed E-state index contributed by atoms with van der Waals surface area (Å²) in [6, 6.07) is 24.9. The Bertz CT molecular complexity index is 1590. The predicted octanol–water partition coefficient (Wildman–Crippen LogP) is 4.74. The third-order valence-electron chi connectivity index (χ3n) is 7.99. The van der Waals surface area contributed by atoms with Crippen LogP contribution in [0.5, 0.6) is 5.75 Å². The van der Waals surface area contributed by atoms with Gasteiger partial charge in [0.15, 0.2) is 0 Å². The predicted molar refractivity (Wildman–Crippen MR) is 158 cm³/mol. The molecule has 0 bridgehead atoms. The van der Waals surface area contributed by atoms with Crippen LogP contribution in [0, 0.1) is 6.92 Å². The topological polar surface area (TPSA) is 127 Å². The molecule has 4 aromatic rings. The summed E-state index contributed by atoms with van der Waals surface area (Å²) in [6.07, 6.45) is 1.09. The molecule has 2 unspecified atom stereocenters. The van der Waals surface area contributed by atoms with Gasteiger partial charge in [-0.25, -0.2) is 5.48 Å². The lowest BCUT2D eigenvalue weighted by atomic mass is 9.66. The fourth-order valence-electron chi connectivity index (χ4n) is 6.47. The van der Waals surface area contributed by atoms with Gasteiger partial charge in [-0.3, -0.25) is 19.8 Å². The summed E-state index contributed by atoms with van der Waals surface area (Å²) in [7, 11) is 0. The first kappa shape index (κ1) is 28.3. The lowest BCUT2D eigenvalue weighted by Crippen LogP contribution is -2.47. The average Bonchev–Trinajstić information content (AvgIpc) is 3.21. The SMILES string of the molecule is Cc1cc(COc2ccc(C(N)=O)c(C3(CC(=O)NO)CC(C)(C)NC3Cc3ccccc3)c2)c2ccccc2n1. The van der Waals surface area contributed by atoms with Gasteiger partial charge in [0.05, 0.1) is 5.52 Å². The second-order valence-electron chi connectivity index (χ2n) is 11.6. The second-order valence-corrected chi connectivity index (χ2v) is 11.6. The molecule has 2 heterocycles. The molecular weight excluding hydrogens is 516 g/mol. The summed E-state index contributed by atoms with van der Waals surface area (Å²) in [5, 5.41) is 14.3. The number of rotatable bonds is 9. The number of benzene rings is 3. The van der Waals surface area contributed by atoms with Crippen molar-refractivity contribution in [3.8, 4) is 5.75 Å². The first-order valence-electron chi connectivity index (χ1n) is 13.8. The molecule has 3 aromatic carbocycles. The number of para-hydroxylation sites is 1. The van der Waals surface area contributed by atoms with Gasteiger partial charge in [0.2, 0.25) is 11.8 Å². The number of nitrogens with two attached hydrogens (primary N) is 1. The minimum atomic E-state index is -0.865. The van der Waals surface area contributed by atoms with Crippen molar-refractivity contribution in [2.75, 3.05) is 0 Å². The van der Waals surface area contributed by atoms with E-state index in [1.54, 1.807) is 12.1 Å². The summed E-state index contributed by atoms with van der Waals surface area (Å²) in [4.78, 5) is 30.2. The highest BCUT2D eigenvalue weighted by Gasteiger charge is 2.53. The molecule has 41 heavy (non-hydrogen) atoms. The van der Waals surface area contributed by atoms with Gasteiger partial charge in [0.1, 0.15) is 12.4 Å². The van der Waals surface area contributed by atoms with Crippen LogP contribution < -0.4 is 21.3 Å². The number of hydrogen-bond donors (Lipinski definition) is 4. The highest BCUT2D eigenvalue weighted by Crippen LogP contribution is 2.48.